The van der Waals surface area contributed by atoms with Crippen molar-refractivity contribution in [3.8, 4) is 12.1 Å². The van der Waals surface area contributed by atoms with Crippen LogP contribution in [0.1, 0.15) is 18.4 Å². The molecule has 0 aromatic carbocycles. The van der Waals surface area contributed by atoms with Crippen LogP contribution in [0.2, 0.25) is 0 Å². The lowest BCUT2D eigenvalue weighted by Gasteiger charge is -2.18. The van der Waals surface area contributed by atoms with E-state index < -0.39 is 0 Å². The van der Waals surface area contributed by atoms with Crippen LogP contribution < -0.4 is 10.6 Å². The predicted molar refractivity (Wildman–Crippen MR) is 95.2 cm³/mol. The van der Waals surface area contributed by atoms with Gasteiger partial charge in [0.15, 0.2) is 0 Å². The number of nitrogens with zero attached hydrogens (tertiary/aromatic N) is 4. The molecule has 2 rings (SSSR count). The number of carbonyl (C=O) groups excluding carboxylic acids is 1. The first-order valence-electron chi connectivity index (χ1n) is 7.23. The van der Waals surface area contributed by atoms with Gasteiger partial charge in [-0.05, 0) is 25.0 Å². The fourth-order valence-electron chi connectivity index (χ4n) is 2.36. The molecule has 1 atom stereocenters. The Balaban J connectivity index is 0.00000264. The number of carbonyl (C=O) groups is 1. The number of amides is 1. The van der Waals surface area contributed by atoms with E-state index >= 15 is 0 Å². The van der Waals surface area contributed by atoms with E-state index in [1.807, 2.05) is 11.0 Å². The summed E-state index contributed by atoms with van der Waals surface area (Å²) in [6.45, 7) is 2.10. The standard InChI is InChI=1S/C15H18N6O.2ClH/c16-8-12-3-4-14(20-10-12)18-5-6-19-15(22)11-21-7-1-2-13(21)9-17;;/h3-4,10,13H,1-2,5-7,11H2,(H,18,20)(H,19,22);2*1H/t13-;;/m0../s1. The van der Waals surface area contributed by atoms with Crippen LogP contribution in [0.3, 0.4) is 0 Å². The number of nitrogens with one attached hydrogen (secondary N) is 2. The molecule has 0 aliphatic carbocycles. The van der Waals surface area contributed by atoms with E-state index in [1.54, 1.807) is 12.1 Å². The molecular formula is C15H20Cl2N6O. The topological polar surface area (TPSA) is 105 Å². The minimum atomic E-state index is -0.133. The Labute approximate surface area is 153 Å². The SMILES string of the molecule is Cl.Cl.N#Cc1ccc(NCCNC(=O)CN2CCC[C@H]2C#N)nc1. The van der Waals surface area contributed by atoms with Crippen molar-refractivity contribution in [1.29, 1.82) is 10.5 Å². The molecule has 2 N–H and O–H groups in total. The quantitative estimate of drug-likeness (QED) is 0.731. The van der Waals surface area contributed by atoms with Crippen molar-refractivity contribution < 1.29 is 4.79 Å². The van der Waals surface area contributed by atoms with Crippen molar-refractivity contribution in [2.75, 3.05) is 31.5 Å². The van der Waals surface area contributed by atoms with E-state index in [4.69, 9.17) is 10.5 Å². The van der Waals surface area contributed by atoms with E-state index in [-0.39, 0.29) is 43.3 Å². The molecule has 1 aromatic rings. The van der Waals surface area contributed by atoms with Gasteiger partial charge in [0.25, 0.3) is 0 Å². The minimum absolute atomic E-state index is 0. The molecule has 0 bridgehead atoms. The maximum atomic E-state index is 11.8. The summed E-state index contributed by atoms with van der Waals surface area (Å²) in [5.41, 5.74) is 0.511. The predicted octanol–water partition coefficient (Wildman–Crippen LogP) is 1.31. The smallest absolute Gasteiger partial charge is 0.234 e. The van der Waals surface area contributed by atoms with Crippen molar-refractivity contribution in [1.82, 2.24) is 15.2 Å². The Morgan fingerprint density at radius 3 is 2.75 bits per heavy atom. The lowest BCUT2D eigenvalue weighted by molar-refractivity contribution is -0.122. The summed E-state index contributed by atoms with van der Waals surface area (Å²) < 4.78 is 0. The third kappa shape index (κ3) is 6.59. The van der Waals surface area contributed by atoms with Gasteiger partial charge in [-0.15, -0.1) is 24.8 Å². The van der Waals surface area contributed by atoms with Crippen LogP contribution in [-0.4, -0.2) is 48.0 Å². The molecule has 0 radical (unpaired) electrons. The number of anilines is 1. The number of rotatable bonds is 6. The summed E-state index contributed by atoms with van der Waals surface area (Å²) in [4.78, 5) is 17.8. The molecule has 0 unspecified atom stereocenters. The van der Waals surface area contributed by atoms with Gasteiger partial charge >= 0.3 is 0 Å². The monoisotopic (exact) mass is 370 g/mol. The van der Waals surface area contributed by atoms with Gasteiger partial charge in [0.1, 0.15) is 11.9 Å². The van der Waals surface area contributed by atoms with Crippen LogP contribution in [0.4, 0.5) is 5.82 Å². The van der Waals surface area contributed by atoms with Gasteiger partial charge < -0.3 is 10.6 Å². The van der Waals surface area contributed by atoms with Crippen LogP contribution in [0, 0.1) is 22.7 Å². The third-order valence-corrected chi connectivity index (χ3v) is 3.51. The molecule has 1 fully saturated rings. The van der Waals surface area contributed by atoms with Crippen LogP contribution in [0.25, 0.3) is 0 Å². The van der Waals surface area contributed by atoms with Crippen LogP contribution in [0.15, 0.2) is 18.3 Å². The first-order chi connectivity index (χ1) is 10.7. The zero-order valence-corrected chi connectivity index (χ0v) is 14.7. The Hall–Kier alpha value is -2.06. The lowest BCUT2D eigenvalue weighted by Crippen LogP contribution is -2.40. The number of likely N-dealkylation sites (tertiary alicyclic amines) is 1. The average molecular weight is 371 g/mol. The first kappa shape index (κ1) is 21.9. The van der Waals surface area contributed by atoms with Gasteiger partial charge in [-0.1, -0.05) is 0 Å². The maximum Gasteiger partial charge on any atom is 0.234 e. The summed E-state index contributed by atoms with van der Waals surface area (Å²) in [5.74, 6) is 0.592. The Bertz CT molecular complexity index is 595. The molecule has 1 aliphatic rings. The summed E-state index contributed by atoms with van der Waals surface area (Å²) >= 11 is 0. The number of nitriles is 2. The van der Waals surface area contributed by atoms with Crippen molar-refractivity contribution in [2.24, 2.45) is 0 Å². The van der Waals surface area contributed by atoms with Gasteiger partial charge in [0.05, 0.1) is 24.2 Å². The fraction of sp³-hybridized carbons (Fsp3) is 0.467. The Kier molecular flexibility index (Phi) is 10.5. The molecule has 9 heteroatoms. The highest BCUT2D eigenvalue weighted by Crippen LogP contribution is 2.15. The van der Waals surface area contributed by atoms with E-state index in [0.717, 1.165) is 19.4 Å². The van der Waals surface area contributed by atoms with Gasteiger partial charge in [-0.3, -0.25) is 9.69 Å². The normalized spacial score (nSPS) is 16.0. The molecule has 1 saturated heterocycles. The van der Waals surface area contributed by atoms with Crippen molar-refractivity contribution in [3.63, 3.8) is 0 Å². The summed E-state index contributed by atoms with van der Waals surface area (Å²) in [6, 6.07) is 7.50. The molecular weight excluding hydrogens is 351 g/mol. The second-order valence-corrected chi connectivity index (χ2v) is 5.08. The van der Waals surface area contributed by atoms with Crippen LogP contribution in [0.5, 0.6) is 0 Å². The van der Waals surface area contributed by atoms with Gasteiger partial charge in [-0.2, -0.15) is 10.5 Å². The summed E-state index contributed by atoms with van der Waals surface area (Å²) in [5, 5.41) is 23.5. The van der Waals surface area contributed by atoms with Gasteiger partial charge in [-0.25, -0.2) is 4.98 Å². The number of pyridine rings is 1. The van der Waals surface area contributed by atoms with Gasteiger partial charge in [0, 0.05) is 25.8 Å². The highest BCUT2D eigenvalue weighted by atomic mass is 35.5. The number of halogens is 2. The number of hydrogen-bond acceptors (Lipinski definition) is 6. The number of aromatic nitrogens is 1. The highest BCUT2D eigenvalue weighted by Gasteiger charge is 2.25. The summed E-state index contributed by atoms with van der Waals surface area (Å²) in [7, 11) is 0. The maximum absolute atomic E-state index is 11.8. The van der Waals surface area contributed by atoms with Crippen molar-refractivity contribution >= 4 is 36.5 Å². The second-order valence-electron chi connectivity index (χ2n) is 5.08. The molecule has 1 aliphatic heterocycles. The largest absolute Gasteiger partial charge is 0.368 e. The first-order valence-corrected chi connectivity index (χ1v) is 7.23. The molecule has 2 heterocycles. The minimum Gasteiger partial charge on any atom is -0.368 e. The lowest BCUT2D eigenvalue weighted by atomic mass is 10.2. The Morgan fingerprint density at radius 1 is 1.33 bits per heavy atom. The second kappa shape index (κ2) is 11.5. The molecule has 0 spiro atoms. The third-order valence-electron chi connectivity index (χ3n) is 3.51. The summed E-state index contributed by atoms with van der Waals surface area (Å²) in [6.07, 6.45) is 3.31. The molecule has 24 heavy (non-hydrogen) atoms. The molecule has 1 aromatic heterocycles. The number of hydrogen-bond donors (Lipinski definition) is 2. The fourth-order valence-corrected chi connectivity index (χ4v) is 2.36. The molecule has 0 saturated carbocycles. The Morgan fingerprint density at radius 2 is 2.12 bits per heavy atom. The van der Waals surface area contributed by atoms with E-state index in [2.05, 4.69) is 21.7 Å². The molecule has 130 valence electrons. The molecule has 7 nitrogen and oxygen atoms in total. The van der Waals surface area contributed by atoms with Crippen LogP contribution >= 0.6 is 24.8 Å². The molecule has 1 amide bonds. The van der Waals surface area contributed by atoms with E-state index in [0.29, 0.717) is 24.5 Å². The highest BCUT2D eigenvalue weighted by molar-refractivity contribution is 5.85. The van der Waals surface area contributed by atoms with E-state index in [1.165, 1.54) is 6.20 Å². The van der Waals surface area contributed by atoms with Gasteiger partial charge in [0.2, 0.25) is 5.91 Å². The zero-order valence-electron chi connectivity index (χ0n) is 13.1. The van der Waals surface area contributed by atoms with Crippen molar-refractivity contribution in [2.45, 2.75) is 18.9 Å². The average Bonchev–Trinajstić information content (AvgIpc) is 2.99. The van der Waals surface area contributed by atoms with Crippen LogP contribution in [-0.2, 0) is 4.79 Å². The van der Waals surface area contributed by atoms with E-state index in [9.17, 15) is 4.79 Å². The zero-order chi connectivity index (χ0) is 15.8. The van der Waals surface area contributed by atoms with Crippen molar-refractivity contribution in [3.05, 3.63) is 23.9 Å².